The Morgan fingerprint density at radius 2 is 1.95 bits per heavy atom. The Labute approximate surface area is 118 Å². The third-order valence-corrected chi connectivity index (χ3v) is 2.93. The van der Waals surface area contributed by atoms with Gasteiger partial charge in [0.2, 0.25) is 10.0 Å². The highest BCUT2D eigenvalue weighted by Crippen LogP contribution is 2.29. The van der Waals surface area contributed by atoms with Crippen molar-refractivity contribution in [1.82, 2.24) is 9.71 Å². The van der Waals surface area contributed by atoms with Gasteiger partial charge in [0.1, 0.15) is 17.1 Å². The second kappa shape index (κ2) is 6.26. The van der Waals surface area contributed by atoms with E-state index in [1.165, 1.54) is 0 Å². The first-order valence-corrected chi connectivity index (χ1v) is 7.40. The van der Waals surface area contributed by atoms with Crippen LogP contribution in [0.4, 0.5) is 19.0 Å². The zero-order valence-electron chi connectivity index (χ0n) is 10.7. The van der Waals surface area contributed by atoms with Crippen molar-refractivity contribution in [3.05, 3.63) is 23.4 Å². The molecule has 11 heteroatoms. The van der Waals surface area contributed by atoms with Gasteiger partial charge in [0.25, 0.3) is 0 Å². The highest BCUT2D eigenvalue weighted by molar-refractivity contribution is 7.88. The van der Waals surface area contributed by atoms with Crippen LogP contribution in [0.25, 0.3) is 0 Å². The topological polar surface area (TPSA) is 108 Å². The fourth-order valence-electron chi connectivity index (χ4n) is 1.34. The Bertz CT molecular complexity index is 631. The minimum absolute atomic E-state index is 0.123. The average molecular weight is 327 g/mol. The number of anilines is 1. The molecule has 0 saturated carbocycles. The molecule has 21 heavy (non-hydrogen) atoms. The molecule has 0 unspecified atom stereocenters. The standard InChI is InChI=1S/C10H12F3N3O4S/c1-21(19,20)15-5-4-14-8-6(9(17)18)2-3-7(16-8)10(11,12)13/h2-3,15H,4-5H2,1H3,(H,14,16)(H,17,18). The van der Waals surface area contributed by atoms with Crippen LogP contribution < -0.4 is 10.0 Å². The van der Waals surface area contributed by atoms with E-state index in [0.717, 1.165) is 12.3 Å². The molecule has 118 valence electrons. The van der Waals surface area contributed by atoms with Gasteiger partial charge >= 0.3 is 12.1 Å². The van der Waals surface area contributed by atoms with Crippen molar-refractivity contribution >= 4 is 21.8 Å². The maximum Gasteiger partial charge on any atom is 0.433 e. The first kappa shape index (κ1) is 17.2. The number of hydrogen-bond donors (Lipinski definition) is 3. The Morgan fingerprint density at radius 1 is 1.33 bits per heavy atom. The van der Waals surface area contributed by atoms with Crippen molar-refractivity contribution in [1.29, 1.82) is 0 Å². The number of hydrogen-bond acceptors (Lipinski definition) is 5. The van der Waals surface area contributed by atoms with E-state index in [9.17, 15) is 26.4 Å². The van der Waals surface area contributed by atoms with Crippen LogP contribution in [0.1, 0.15) is 16.1 Å². The zero-order chi connectivity index (χ0) is 16.3. The Balaban J connectivity index is 2.89. The first-order chi connectivity index (χ1) is 9.50. The lowest BCUT2D eigenvalue weighted by molar-refractivity contribution is -0.141. The van der Waals surface area contributed by atoms with Gasteiger partial charge in [-0.3, -0.25) is 0 Å². The number of carboxylic acid groups (broad SMARTS) is 1. The van der Waals surface area contributed by atoms with Crippen LogP contribution in [0.15, 0.2) is 12.1 Å². The van der Waals surface area contributed by atoms with Crippen molar-refractivity contribution in [2.24, 2.45) is 0 Å². The van der Waals surface area contributed by atoms with Crippen LogP contribution in [0.3, 0.4) is 0 Å². The molecule has 0 aliphatic heterocycles. The maximum atomic E-state index is 12.5. The predicted octanol–water partition coefficient (Wildman–Crippen LogP) is 0.760. The number of halogens is 3. The number of pyridine rings is 1. The molecule has 1 aromatic rings. The molecule has 0 amide bonds. The number of sulfonamides is 1. The molecule has 1 aromatic heterocycles. The molecule has 0 aromatic carbocycles. The van der Waals surface area contributed by atoms with Gasteiger partial charge in [-0.2, -0.15) is 13.2 Å². The smallest absolute Gasteiger partial charge is 0.433 e. The van der Waals surface area contributed by atoms with E-state index in [1.807, 2.05) is 0 Å². The number of rotatable bonds is 6. The number of carboxylic acids is 1. The molecule has 0 aliphatic rings. The second-order valence-corrected chi connectivity index (χ2v) is 5.82. The molecular formula is C10H12F3N3O4S. The van der Waals surface area contributed by atoms with Crippen molar-refractivity contribution in [3.63, 3.8) is 0 Å². The summed E-state index contributed by atoms with van der Waals surface area (Å²) in [6, 6.07) is 1.34. The summed E-state index contributed by atoms with van der Waals surface area (Å²) in [7, 11) is -3.44. The number of nitrogens with zero attached hydrogens (tertiary/aromatic N) is 1. The van der Waals surface area contributed by atoms with Crippen molar-refractivity contribution in [2.45, 2.75) is 6.18 Å². The van der Waals surface area contributed by atoms with Gasteiger partial charge in [-0.15, -0.1) is 0 Å². The summed E-state index contributed by atoms with van der Waals surface area (Å²) in [4.78, 5) is 14.1. The van der Waals surface area contributed by atoms with E-state index < -0.39 is 39.2 Å². The highest BCUT2D eigenvalue weighted by atomic mass is 32.2. The Kier molecular flexibility index (Phi) is 5.12. The van der Waals surface area contributed by atoms with E-state index in [4.69, 9.17) is 5.11 Å². The maximum absolute atomic E-state index is 12.5. The third kappa shape index (κ3) is 5.55. The molecule has 7 nitrogen and oxygen atoms in total. The van der Waals surface area contributed by atoms with Gasteiger partial charge in [-0.05, 0) is 12.1 Å². The van der Waals surface area contributed by atoms with Gasteiger partial charge in [-0.1, -0.05) is 0 Å². The summed E-state index contributed by atoms with van der Waals surface area (Å²) >= 11 is 0. The minimum Gasteiger partial charge on any atom is -0.478 e. The molecule has 0 saturated heterocycles. The average Bonchev–Trinajstić information content (AvgIpc) is 2.32. The van der Waals surface area contributed by atoms with Crippen LogP contribution in [0.5, 0.6) is 0 Å². The second-order valence-electron chi connectivity index (χ2n) is 3.99. The van der Waals surface area contributed by atoms with Crippen molar-refractivity contribution in [2.75, 3.05) is 24.7 Å². The molecule has 1 rings (SSSR count). The van der Waals surface area contributed by atoms with E-state index >= 15 is 0 Å². The summed E-state index contributed by atoms with van der Waals surface area (Å²) in [6.07, 6.45) is -3.79. The molecule has 0 atom stereocenters. The molecule has 0 radical (unpaired) electrons. The van der Waals surface area contributed by atoms with E-state index in [0.29, 0.717) is 6.07 Å². The molecule has 1 heterocycles. The zero-order valence-corrected chi connectivity index (χ0v) is 11.5. The fraction of sp³-hybridized carbons (Fsp3) is 0.400. The molecule has 0 fully saturated rings. The third-order valence-electron chi connectivity index (χ3n) is 2.20. The van der Waals surface area contributed by atoms with Crippen LogP contribution in [-0.2, 0) is 16.2 Å². The molecular weight excluding hydrogens is 315 g/mol. The lowest BCUT2D eigenvalue weighted by Crippen LogP contribution is -2.28. The predicted molar refractivity (Wildman–Crippen MR) is 67.5 cm³/mol. The summed E-state index contributed by atoms with van der Waals surface area (Å²) < 4.78 is 61.3. The lowest BCUT2D eigenvalue weighted by atomic mass is 10.2. The number of aromatic nitrogens is 1. The molecule has 0 spiro atoms. The van der Waals surface area contributed by atoms with Crippen LogP contribution in [0, 0.1) is 0 Å². The SMILES string of the molecule is CS(=O)(=O)NCCNc1nc(C(F)(F)F)ccc1C(=O)O. The van der Waals surface area contributed by atoms with E-state index in [1.54, 1.807) is 0 Å². The van der Waals surface area contributed by atoms with Crippen LogP contribution >= 0.6 is 0 Å². The van der Waals surface area contributed by atoms with Gasteiger partial charge in [0.15, 0.2) is 0 Å². The quantitative estimate of drug-likeness (QED) is 0.666. The highest BCUT2D eigenvalue weighted by Gasteiger charge is 2.33. The van der Waals surface area contributed by atoms with Crippen molar-refractivity contribution < 1.29 is 31.5 Å². The van der Waals surface area contributed by atoms with E-state index in [2.05, 4.69) is 15.0 Å². The van der Waals surface area contributed by atoms with Gasteiger partial charge in [0.05, 0.1) is 6.26 Å². The Morgan fingerprint density at radius 3 is 2.43 bits per heavy atom. The van der Waals surface area contributed by atoms with Crippen molar-refractivity contribution in [3.8, 4) is 0 Å². The van der Waals surface area contributed by atoms with Gasteiger partial charge in [-0.25, -0.2) is 22.9 Å². The number of aromatic carboxylic acids is 1. The number of nitrogens with one attached hydrogen (secondary N) is 2. The molecule has 0 bridgehead atoms. The Hall–Kier alpha value is -1.88. The normalized spacial score (nSPS) is 12.2. The van der Waals surface area contributed by atoms with Gasteiger partial charge < -0.3 is 10.4 Å². The van der Waals surface area contributed by atoms with Gasteiger partial charge in [0, 0.05) is 13.1 Å². The largest absolute Gasteiger partial charge is 0.478 e. The number of alkyl halides is 3. The minimum atomic E-state index is -4.71. The van der Waals surface area contributed by atoms with E-state index in [-0.39, 0.29) is 13.1 Å². The summed E-state index contributed by atoms with van der Waals surface area (Å²) in [5, 5.41) is 11.2. The fourth-order valence-corrected chi connectivity index (χ4v) is 1.81. The lowest BCUT2D eigenvalue weighted by Gasteiger charge is -2.12. The molecule has 0 aliphatic carbocycles. The molecule has 3 N–H and O–H groups in total. The number of carbonyl (C=O) groups is 1. The summed E-state index contributed by atoms with van der Waals surface area (Å²) in [5.74, 6) is -1.93. The summed E-state index contributed by atoms with van der Waals surface area (Å²) in [6.45, 7) is -0.253. The van der Waals surface area contributed by atoms with Crippen LogP contribution in [0.2, 0.25) is 0 Å². The first-order valence-electron chi connectivity index (χ1n) is 5.51. The van der Waals surface area contributed by atoms with Crippen LogP contribution in [-0.4, -0.2) is 43.8 Å². The monoisotopic (exact) mass is 327 g/mol. The summed E-state index contributed by atoms with van der Waals surface area (Å²) in [5.41, 5.74) is -1.69.